The van der Waals surface area contributed by atoms with E-state index in [0.717, 1.165) is 37.5 Å². The van der Waals surface area contributed by atoms with Gasteiger partial charge >= 0.3 is 0 Å². The number of methoxy groups -OCH3 is 1. The molecule has 0 saturated carbocycles. The van der Waals surface area contributed by atoms with Gasteiger partial charge in [0.25, 0.3) is 0 Å². The van der Waals surface area contributed by atoms with Crippen molar-refractivity contribution in [2.45, 2.75) is 0 Å². The van der Waals surface area contributed by atoms with Gasteiger partial charge in [0, 0.05) is 5.39 Å². The highest BCUT2D eigenvalue weighted by Gasteiger charge is 2.10. The minimum Gasteiger partial charge on any atom is -0.496 e. The van der Waals surface area contributed by atoms with Gasteiger partial charge in [-0.25, -0.2) is 4.98 Å². The van der Waals surface area contributed by atoms with Crippen LogP contribution in [0.3, 0.4) is 0 Å². The third-order valence-corrected chi connectivity index (χ3v) is 4.33. The second-order valence-corrected chi connectivity index (χ2v) is 5.53. The summed E-state index contributed by atoms with van der Waals surface area (Å²) in [6.45, 7) is 0. The molecule has 0 radical (unpaired) electrons. The van der Waals surface area contributed by atoms with E-state index in [9.17, 15) is 0 Å². The van der Waals surface area contributed by atoms with Crippen LogP contribution in [-0.2, 0) is 0 Å². The number of aromatic nitrogens is 1. The van der Waals surface area contributed by atoms with Crippen LogP contribution in [0, 0.1) is 0 Å². The second kappa shape index (κ2) is 4.35. The fourth-order valence-corrected chi connectivity index (χ4v) is 3.32. The molecule has 2 aromatic heterocycles. The minimum absolute atomic E-state index is 0.808. The molecule has 0 fully saturated rings. The maximum absolute atomic E-state index is 5.41. The van der Waals surface area contributed by atoms with Gasteiger partial charge in [-0.1, -0.05) is 12.1 Å². The van der Waals surface area contributed by atoms with Crippen LogP contribution >= 0.6 is 11.3 Å². The lowest BCUT2D eigenvalue weighted by Crippen LogP contribution is -1.84. The number of rotatable bonds is 2. The largest absolute Gasteiger partial charge is 0.496 e. The topological polar surface area (TPSA) is 35.3 Å². The van der Waals surface area contributed by atoms with Crippen LogP contribution in [0.2, 0.25) is 0 Å². The maximum atomic E-state index is 5.41. The van der Waals surface area contributed by atoms with E-state index in [2.05, 4.69) is 23.2 Å². The molecule has 4 rings (SSSR count). The molecule has 98 valence electrons. The summed E-state index contributed by atoms with van der Waals surface area (Å²) >= 11 is 1.64. The molecule has 0 unspecified atom stereocenters. The fraction of sp³-hybridized carbons (Fsp3) is 0.0625. The van der Waals surface area contributed by atoms with Gasteiger partial charge in [0.2, 0.25) is 0 Å². The molecule has 0 atom stereocenters. The van der Waals surface area contributed by atoms with E-state index in [1.165, 1.54) is 0 Å². The highest BCUT2D eigenvalue weighted by molar-refractivity contribution is 7.21. The predicted octanol–water partition coefficient (Wildman–Crippen LogP) is 4.72. The molecule has 0 bridgehead atoms. The number of hydrogen-bond donors (Lipinski definition) is 0. The molecule has 4 aromatic rings. The van der Waals surface area contributed by atoms with Gasteiger partial charge in [-0.3, -0.25) is 0 Å². The van der Waals surface area contributed by atoms with E-state index >= 15 is 0 Å². The molecule has 0 aliphatic rings. The van der Waals surface area contributed by atoms with Crippen LogP contribution in [-0.4, -0.2) is 12.1 Å². The summed E-state index contributed by atoms with van der Waals surface area (Å²) in [5.41, 5.74) is 0.971. The van der Waals surface area contributed by atoms with E-state index in [4.69, 9.17) is 9.15 Å². The summed E-state index contributed by atoms with van der Waals surface area (Å²) in [7, 11) is 1.69. The first-order valence-electron chi connectivity index (χ1n) is 6.26. The van der Waals surface area contributed by atoms with Crippen LogP contribution in [0.4, 0.5) is 0 Å². The van der Waals surface area contributed by atoms with Crippen molar-refractivity contribution >= 4 is 32.3 Å². The molecule has 20 heavy (non-hydrogen) atoms. The molecule has 2 heterocycles. The van der Waals surface area contributed by atoms with E-state index in [0.29, 0.717) is 0 Å². The lowest BCUT2D eigenvalue weighted by atomic mass is 10.1. The number of furan rings is 1. The molecule has 3 nitrogen and oxygen atoms in total. The van der Waals surface area contributed by atoms with Crippen LogP contribution in [0.25, 0.3) is 31.8 Å². The summed E-state index contributed by atoms with van der Waals surface area (Å²) in [4.78, 5) is 4.65. The van der Waals surface area contributed by atoms with Gasteiger partial charge in [-0.2, -0.15) is 0 Å². The van der Waals surface area contributed by atoms with Crippen LogP contribution in [0.5, 0.6) is 5.75 Å². The number of nitrogens with zero attached hydrogens (tertiary/aromatic N) is 1. The van der Waals surface area contributed by atoms with Gasteiger partial charge in [-0.15, -0.1) is 11.3 Å². The van der Waals surface area contributed by atoms with Gasteiger partial charge < -0.3 is 9.15 Å². The summed E-state index contributed by atoms with van der Waals surface area (Å²) in [5, 5.41) is 3.14. The Kier molecular flexibility index (Phi) is 2.50. The van der Waals surface area contributed by atoms with Crippen molar-refractivity contribution in [1.82, 2.24) is 4.98 Å². The Morgan fingerprint density at radius 2 is 2.10 bits per heavy atom. The lowest BCUT2D eigenvalue weighted by Gasteiger charge is -2.04. The highest BCUT2D eigenvalue weighted by atomic mass is 32.1. The van der Waals surface area contributed by atoms with Crippen LogP contribution in [0.15, 0.2) is 53.1 Å². The van der Waals surface area contributed by atoms with Crippen molar-refractivity contribution in [3.63, 3.8) is 0 Å². The average Bonchev–Trinajstić information content (AvgIpc) is 3.12. The Morgan fingerprint density at radius 1 is 1.15 bits per heavy atom. The zero-order chi connectivity index (χ0) is 13.5. The molecule has 0 N–H and O–H groups in total. The van der Waals surface area contributed by atoms with Crippen molar-refractivity contribution in [3.8, 4) is 16.5 Å². The normalized spacial score (nSPS) is 11.2. The molecule has 0 spiro atoms. The molecule has 4 heteroatoms. The van der Waals surface area contributed by atoms with Crippen molar-refractivity contribution in [2.24, 2.45) is 0 Å². The predicted molar refractivity (Wildman–Crippen MR) is 81.4 cm³/mol. The Hall–Kier alpha value is -2.33. The molecule has 0 aliphatic carbocycles. The zero-order valence-corrected chi connectivity index (χ0v) is 11.6. The average molecular weight is 281 g/mol. The smallest absolute Gasteiger partial charge is 0.162 e. The molecular weight excluding hydrogens is 270 g/mol. The lowest BCUT2D eigenvalue weighted by molar-refractivity contribution is 0.420. The van der Waals surface area contributed by atoms with Gasteiger partial charge in [0.15, 0.2) is 10.8 Å². The van der Waals surface area contributed by atoms with Crippen molar-refractivity contribution in [1.29, 1.82) is 0 Å². The van der Waals surface area contributed by atoms with E-state index < -0.39 is 0 Å². The number of hydrogen-bond acceptors (Lipinski definition) is 4. The van der Waals surface area contributed by atoms with Gasteiger partial charge in [0.1, 0.15) is 5.75 Å². The Labute approximate surface area is 119 Å². The van der Waals surface area contributed by atoms with E-state index in [1.54, 1.807) is 24.7 Å². The number of ether oxygens (including phenoxy) is 1. The molecule has 0 aliphatic heterocycles. The summed E-state index contributed by atoms with van der Waals surface area (Å²) in [6, 6.07) is 14.1. The van der Waals surface area contributed by atoms with Crippen LogP contribution in [0.1, 0.15) is 0 Å². The van der Waals surface area contributed by atoms with E-state index in [1.807, 2.05) is 24.3 Å². The first-order chi connectivity index (χ1) is 9.85. The summed E-state index contributed by atoms with van der Waals surface area (Å²) in [5.74, 6) is 1.68. The van der Waals surface area contributed by atoms with Crippen molar-refractivity contribution in [2.75, 3.05) is 7.11 Å². The zero-order valence-electron chi connectivity index (χ0n) is 10.8. The number of fused-ring (bicyclic) bond motifs is 2. The van der Waals surface area contributed by atoms with Gasteiger partial charge in [0.05, 0.1) is 23.6 Å². The third-order valence-electron chi connectivity index (χ3n) is 3.30. The molecular formula is C16H11NO2S. The number of benzene rings is 2. The SMILES string of the molecule is COc1cccc2cc3sc(-c4ccco4)nc3cc12. The van der Waals surface area contributed by atoms with Crippen molar-refractivity contribution in [3.05, 3.63) is 48.7 Å². The third kappa shape index (κ3) is 1.69. The highest BCUT2D eigenvalue weighted by Crippen LogP contribution is 2.35. The Morgan fingerprint density at radius 3 is 2.90 bits per heavy atom. The quantitative estimate of drug-likeness (QED) is 0.533. The number of thiazole rings is 1. The van der Waals surface area contributed by atoms with Crippen LogP contribution < -0.4 is 4.74 Å². The standard InChI is InChI=1S/C16H11NO2S/c1-18-13-5-2-4-10-8-15-12(9-11(10)13)17-16(20-15)14-6-3-7-19-14/h2-9H,1H3. The van der Waals surface area contributed by atoms with Gasteiger partial charge in [-0.05, 0) is 35.7 Å². The Bertz CT molecular complexity index is 894. The second-order valence-electron chi connectivity index (χ2n) is 4.50. The monoisotopic (exact) mass is 281 g/mol. The summed E-state index contributed by atoms with van der Waals surface area (Å²) in [6.07, 6.45) is 1.67. The Balaban J connectivity index is 2.00. The fourth-order valence-electron chi connectivity index (χ4n) is 2.35. The van der Waals surface area contributed by atoms with E-state index in [-0.39, 0.29) is 0 Å². The first kappa shape index (κ1) is 11.5. The first-order valence-corrected chi connectivity index (χ1v) is 7.08. The minimum atomic E-state index is 0.808. The van der Waals surface area contributed by atoms with Crippen molar-refractivity contribution < 1.29 is 9.15 Å². The maximum Gasteiger partial charge on any atom is 0.162 e. The molecule has 0 saturated heterocycles. The molecule has 2 aromatic carbocycles. The summed E-state index contributed by atoms with van der Waals surface area (Å²) < 4.78 is 12.0. The molecule has 0 amide bonds.